The molecule has 22 heavy (non-hydrogen) atoms. The molecule has 2 rings (SSSR count). The van der Waals surface area contributed by atoms with Crippen LogP contribution >= 0.6 is 0 Å². The van der Waals surface area contributed by atoms with Crippen LogP contribution in [-0.2, 0) is 19.0 Å². The first kappa shape index (κ1) is 16.3. The molecular formula is C19H26N2O. The lowest BCUT2D eigenvalue weighted by atomic mass is 9.87. The second-order valence-electron chi connectivity index (χ2n) is 6.97. The third-order valence-electron chi connectivity index (χ3n) is 4.33. The summed E-state index contributed by atoms with van der Waals surface area (Å²) in [6, 6.07) is 10.00. The molecule has 118 valence electrons. The summed E-state index contributed by atoms with van der Waals surface area (Å²) in [5.41, 5.74) is 5.61. The molecule has 0 spiro atoms. The number of rotatable bonds is 3. The van der Waals surface area contributed by atoms with E-state index >= 15 is 0 Å². The van der Waals surface area contributed by atoms with Crippen molar-refractivity contribution in [3.05, 3.63) is 58.4 Å². The molecule has 1 aromatic heterocycles. The molecular weight excluding hydrogens is 272 g/mol. The van der Waals surface area contributed by atoms with Crippen molar-refractivity contribution >= 4 is 5.91 Å². The molecule has 0 aliphatic heterocycles. The molecule has 3 nitrogen and oxygen atoms in total. The fourth-order valence-electron chi connectivity index (χ4n) is 2.51. The third kappa shape index (κ3) is 3.41. The molecule has 0 fully saturated rings. The Bertz CT molecular complexity index is 673. The van der Waals surface area contributed by atoms with Gasteiger partial charge in [0.1, 0.15) is 0 Å². The summed E-state index contributed by atoms with van der Waals surface area (Å²) >= 11 is 0. The van der Waals surface area contributed by atoms with Gasteiger partial charge in [0, 0.05) is 30.5 Å². The summed E-state index contributed by atoms with van der Waals surface area (Å²) in [6.45, 7) is 11.2. The van der Waals surface area contributed by atoms with Gasteiger partial charge in [0.05, 0.1) is 0 Å². The van der Waals surface area contributed by atoms with Gasteiger partial charge in [-0.2, -0.15) is 0 Å². The molecule has 3 heteroatoms. The Morgan fingerprint density at radius 2 is 1.73 bits per heavy atom. The second-order valence-corrected chi connectivity index (χ2v) is 6.97. The minimum atomic E-state index is -0.0265. The van der Waals surface area contributed by atoms with Crippen molar-refractivity contribution in [2.45, 2.75) is 46.6 Å². The summed E-state index contributed by atoms with van der Waals surface area (Å²) in [7, 11) is 2.04. The SMILES string of the molecule is Cc1cc(CNC(=O)c2ccc(C(C)(C)C)cc2)c(C)n1C. The van der Waals surface area contributed by atoms with E-state index in [9.17, 15) is 4.79 Å². The third-order valence-corrected chi connectivity index (χ3v) is 4.33. The van der Waals surface area contributed by atoms with Crippen LogP contribution in [0.5, 0.6) is 0 Å². The molecule has 1 N–H and O–H groups in total. The molecule has 0 unspecified atom stereocenters. The minimum Gasteiger partial charge on any atom is -0.352 e. The Kier molecular flexibility index (Phi) is 4.45. The lowest BCUT2D eigenvalue weighted by Gasteiger charge is -2.19. The van der Waals surface area contributed by atoms with Gasteiger partial charge in [-0.25, -0.2) is 0 Å². The quantitative estimate of drug-likeness (QED) is 0.917. The molecule has 0 atom stereocenters. The first-order chi connectivity index (χ1) is 10.2. The summed E-state index contributed by atoms with van der Waals surface area (Å²) in [6.07, 6.45) is 0. The molecule has 0 aliphatic carbocycles. The fraction of sp³-hybridized carbons (Fsp3) is 0.421. The van der Waals surface area contributed by atoms with Crippen molar-refractivity contribution in [2.75, 3.05) is 0 Å². The largest absolute Gasteiger partial charge is 0.352 e. The van der Waals surface area contributed by atoms with Gasteiger partial charge in [-0.1, -0.05) is 32.9 Å². The van der Waals surface area contributed by atoms with Crippen molar-refractivity contribution in [2.24, 2.45) is 7.05 Å². The van der Waals surface area contributed by atoms with Gasteiger partial charge in [0.15, 0.2) is 0 Å². The number of amides is 1. The first-order valence-electron chi connectivity index (χ1n) is 7.70. The van der Waals surface area contributed by atoms with Gasteiger partial charge in [-0.15, -0.1) is 0 Å². The summed E-state index contributed by atoms with van der Waals surface area (Å²) in [4.78, 5) is 12.3. The standard InChI is InChI=1S/C19H26N2O/c1-13-11-16(14(2)21(13)6)12-20-18(22)15-7-9-17(10-8-15)19(3,4)5/h7-11H,12H2,1-6H3,(H,20,22). The second kappa shape index (κ2) is 5.99. The lowest BCUT2D eigenvalue weighted by Crippen LogP contribution is -2.23. The van der Waals surface area contributed by atoms with Gasteiger partial charge in [0.2, 0.25) is 0 Å². The number of hydrogen-bond acceptors (Lipinski definition) is 1. The van der Waals surface area contributed by atoms with Crippen molar-refractivity contribution in [1.29, 1.82) is 0 Å². The fourth-order valence-corrected chi connectivity index (χ4v) is 2.51. The molecule has 0 bridgehead atoms. The van der Waals surface area contributed by atoms with Crippen LogP contribution in [0.1, 0.15) is 53.6 Å². The monoisotopic (exact) mass is 298 g/mol. The van der Waals surface area contributed by atoms with E-state index in [1.54, 1.807) is 0 Å². The average molecular weight is 298 g/mol. The van der Waals surface area contributed by atoms with Gasteiger partial charge < -0.3 is 9.88 Å². The highest BCUT2D eigenvalue weighted by molar-refractivity contribution is 5.94. The van der Waals surface area contributed by atoms with Crippen LogP contribution in [0.3, 0.4) is 0 Å². The van der Waals surface area contributed by atoms with E-state index < -0.39 is 0 Å². The summed E-state index contributed by atoms with van der Waals surface area (Å²) in [5, 5.41) is 3.00. The predicted molar refractivity (Wildman–Crippen MR) is 91.2 cm³/mol. The van der Waals surface area contributed by atoms with Crippen LogP contribution < -0.4 is 5.32 Å². The van der Waals surface area contributed by atoms with E-state index in [4.69, 9.17) is 0 Å². The molecule has 0 saturated heterocycles. The van der Waals surface area contributed by atoms with Crippen molar-refractivity contribution in [1.82, 2.24) is 9.88 Å². The van der Waals surface area contributed by atoms with Crippen LogP contribution in [0.25, 0.3) is 0 Å². The maximum Gasteiger partial charge on any atom is 0.251 e. The molecule has 1 amide bonds. The topological polar surface area (TPSA) is 34.0 Å². The normalized spacial score (nSPS) is 11.5. The molecule has 1 aromatic carbocycles. The van der Waals surface area contributed by atoms with Crippen LogP contribution in [0.15, 0.2) is 30.3 Å². The number of aryl methyl sites for hydroxylation is 1. The van der Waals surface area contributed by atoms with E-state index in [1.807, 2.05) is 31.3 Å². The van der Waals surface area contributed by atoms with E-state index in [-0.39, 0.29) is 11.3 Å². The Morgan fingerprint density at radius 1 is 1.14 bits per heavy atom. The predicted octanol–water partition coefficient (Wildman–Crippen LogP) is 3.87. The summed E-state index contributed by atoms with van der Waals surface area (Å²) in [5.74, 6) is -0.0265. The number of carbonyl (C=O) groups excluding carboxylic acids is 1. The highest BCUT2D eigenvalue weighted by atomic mass is 16.1. The van der Waals surface area contributed by atoms with Crippen LogP contribution in [0.2, 0.25) is 0 Å². The number of benzene rings is 1. The minimum absolute atomic E-state index is 0.0265. The average Bonchev–Trinajstić information content (AvgIpc) is 2.71. The number of aromatic nitrogens is 1. The Morgan fingerprint density at radius 3 is 2.18 bits per heavy atom. The number of hydrogen-bond donors (Lipinski definition) is 1. The van der Waals surface area contributed by atoms with Gasteiger partial charge in [0.25, 0.3) is 5.91 Å². The van der Waals surface area contributed by atoms with Crippen molar-refractivity contribution < 1.29 is 4.79 Å². The van der Waals surface area contributed by atoms with Crippen molar-refractivity contribution in [3.63, 3.8) is 0 Å². The van der Waals surface area contributed by atoms with Crippen LogP contribution in [-0.4, -0.2) is 10.5 Å². The Labute approximate surface area is 133 Å². The van der Waals surface area contributed by atoms with Gasteiger partial charge in [-0.05, 0) is 48.6 Å². The van der Waals surface area contributed by atoms with Crippen LogP contribution in [0, 0.1) is 13.8 Å². The molecule has 1 heterocycles. The number of nitrogens with zero attached hydrogens (tertiary/aromatic N) is 1. The van der Waals surface area contributed by atoms with Gasteiger partial charge >= 0.3 is 0 Å². The molecule has 0 aliphatic rings. The molecule has 0 saturated carbocycles. The van der Waals surface area contributed by atoms with Crippen molar-refractivity contribution in [3.8, 4) is 0 Å². The zero-order chi connectivity index (χ0) is 16.5. The zero-order valence-corrected chi connectivity index (χ0v) is 14.4. The molecule has 0 radical (unpaired) electrons. The maximum atomic E-state index is 12.3. The maximum absolute atomic E-state index is 12.3. The lowest BCUT2D eigenvalue weighted by molar-refractivity contribution is 0.0951. The summed E-state index contributed by atoms with van der Waals surface area (Å²) < 4.78 is 2.14. The Hall–Kier alpha value is -2.03. The number of nitrogens with one attached hydrogen (secondary N) is 1. The van der Waals surface area contributed by atoms with Crippen LogP contribution in [0.4, 0.5) is 0 Å². The van der Waals surface area contributed by atoms with E-state index in [2.05, 4.69) is 50.6 Å². The first-order valence-corrected chi connectivity index (χ1v) is 7.70. The highest BCUT2D eigenvalue weighted by Gasteiger charge is 2.14. The Balaban J connectivity index is 2.05. The van der Waals surface area contributed by atoms with E-state index in [0.29, 0.717) is 12.1 Å². The highest BCUT2D eigenvalue weighted by Crippen LogP contribution is 2.22. The van der Waals surface area contributed by atoms with E-state index in [0.717, 1.165) is 0 Å². The van der Waals surface area contributed by atoms with E-state index in [1.165, 1.54) is 22.5 Å². The van der Waals surface area contributed by atoms with Gasteiger partial charge in [-0.3, -0.25) is 4.79 Å². The molecule has 2 aromatic rings. The smallest absolute Gasteiger partial charge is 0.251 e. The zero-order valence-electron chi connectivity index (χ0n) is 14.4. The number of carbonyl (C=O) groups is 1.